The largest absolute Gasteiger partial charge is 0.497 e. The molecule has 0 aliphatic carbocycles. The van der Waals surface area contributed by atoms with Crippen molar-refractivity contribution >= 4 is 47.0 Å². The van der Waals surface area contributed by atoms with Gasteiger partial charge in [0.25, 0.3) is 5.91 Å². The van der Waals surface area contributed by atoms with E-state index < -0.39 is 23.8 Å². The summed E-state index contributed by atoms with van der Waals surface area (Å²) < 4.78 is 5.06. The summed E-state index contributed by atoms with van der Waals surface area (Å²) in [5.74, 6) is -2.06. The fraction of sp³-hybridized carbons (Fsp3) is 0.111. The number of urea groups is 1. The molecule has 1 aliphatic rings. The Balaban J connectivity index is 1.87. The highest BCUT2D eigenvalue weighted by Crippen LogP contribution is 2.24. The van der Waals surface area contributed by atoms with Gasteiger partial charge < -0.3 is 4.74 Å². The molecule has 4 amide bonds. The molecule has 0 bridgehead atoms. The van der Waals surface area contributed by atoms with Gasteiger partial charge in [0.05, 0.1) is 18.5 Å². The monoisotopic (exact) mass is 371 g/mol. The maximum atomic E-state index is 12.7. The molecule has 26 heavy (non-hydrogen) atoms. The number of aliphatic imine (C=N–C) groups is 1. The highest BCUT2D eigenvalue weighted by atomic mass is 35.5. The summed E-state index contributed by atoms with van der Waals surface area (Å²) in [5, 5.41) is 2.64. The number of carbonyl (C=O) groups is 3. The molecule has 7 nitrogen and oxygen atoms in total. The van der Waals surface area contributed by atoms with Crippen molar-refractivity contribution in [2.24, 2.45) is 10.9 Å². The van der Waals surface area contributed by atoms with E-state index in [1.807, 2.05) is 0 Å². The Bertz CT molecular complexity index is 896. The van der Waals surface area contributed by atoms with Crippen LogP contribution in [-0.4, -0.2) is 31.2 Å². The third-order valence-corrected chi connectivity index (χ3v) is 3.95. The zero-order valence-corrected chi connectivity index (χ0v) is 14.4. The maximum Gasteiger partial charge on any atom is 0.335 e. The molecule has 8 heteroatoms. The lowest BCUT2D eigenvalue weighted by molar-refractivity contribution is -0.131. The van der Waals surface area contributed by atoms with Crippen LogP contribution in [0.5, 0.6) is 5.75 Å². The van der Waals surface area contributed by atoms with E-state index in [4.69, 9.17) is 16.3 Å². The molecule has 0 spiro atoms. The van der Waals surface area contributed by atoms with Crippen LogP contribution in [0.15, 0.2) is 53.5 Å². The molecule has 1 atom stereocenters. The Hall–Kier alpha value is -3.19. The molecule has 132 valence electrons. The Morgan fingerprint density at radius 3 is 2.54 bits per heavy atom. The molecule has 0 aromatic heterocycles. The second kappa shape index (κ2) is 7.37. The summed E-state index contributed by atoms with van der Waals surface area (Å²) in [7, 11) is 1.51. The van der Waals surface area contributed by atoms with Gasteiger partial charge in [-0.05, 0) is 42.5 Å². The number of imide groups is 2. The number of nitrogens with zero attached hydrogens (tertiary/aromatic N) is 2. The van der Waals surface area contributed by atoms with Crippen LogP contribution in [-0.2, 0) is 9.59 Å². The van der Waals surface area contributed by atoms with Crippen LogP contribution < -0.4 is 15.0 Å². The smallest absolute Gasteiger partial charge is 0.335 e. The number of amides is 4. The summed E-state index contributed by atoms with van der Waals surface area (Å²) in [6.45, 7) is 0. The van der Waals surface area contributed by atoms with Crippen LogP contribution >= 0.6 is 11.6 Å². The molecule has 1 aliphatic heterocycles. The number of ether oxygens (including phenoxy) is 1. The zero-order valence-electron chi connectivity index (χ0n) is 13.7. The van der Waals surface area contributed by atoms with Gasteiger partial charge in [0.1, 0.15) is 5.75 Å². The predicted octanol–water partition coefficient (Wildman–Crippen LogP) is 2.95. The van der Waals surface area contributed by atoms with E-state index in [1.165, 1.54) is 13.3 Å². The first kappa shape index (κ1) is 17.6. The molecule has 0 saturated carbocycles. The molecule has 0 radical (unpaired) electrons. The lowest BCUT2D eigenvalue weighted by Gasteiger charge is -2.28. The molecular weight excluding hydrogens is 358 g/mol. The number of carbonyl (C=O) groups excluding carboxylic acids is 3. The fourth-order valence-corrected chi connectivity index (χ4v) is 2.60. The van der Waals surface area contributed by atoms with Crippen molar-refractivity contribution in [2.75, 3.05) is 12.0 Å². The zero-order chi connectivity index (χ0) is 18.7. The minimum absolute atomic E-state index is 0.321. The number of methoxy groups -OCH3 is 1. The number of nitrogens with one attached hydrogen (secondary N) is 1. The summed E-state index contributed by atoms with van der Waals surface area (Å²) in [6, 6.07) is 12.2. The van der Waals surface area contributed by atoms with Gasteiger partial charge in [-0.25, -0.2) is 9.69 Å². The summed E-state index contributed by atoms with van der Waals surface area (Å²) in [6.07, 6.45) is 1.20. The minimum Gasteiger partial charge on any atom is -0.497 e. The molecule has 2 aromatic carbocycles. The summed E-state index contributed by atoms with van der Waals surface area (Å²) in [5.41, 5.74) is 0.813. The van der Waals surface area contributed by atoms with Gasteiger partial charge in [0.2, 0.25) is 5.91 Å². The second-order valence-electron chi connectivity index (χ2n) is 5.40. The highest BCUT2D eigenvalue weighted by molar-refractivity contribution is 6.33. The Morgan fingerprint density at radius 2 is 1.88 bits per heavy atom. The molecule has 1 heterocycles. The van der Waals surface area contributed by atoms with E-state index in [1.54, 1.807) is 48.5 Å². The van der Waals surface area contributed by atoms with Crippen LogP contribution in [0.1, 0.15) is 0 Å². The van der Waals surface area contributed by atoms with Crippen molar-refractivity contribution in [3.05, 3.63) is 53.6 Å². The number of rotatable bonds is 4. The first-order valence-electron chi connectivity index (χ1n) is 7.62. The third kappa shape index (κ3) is 3.57. The first-order valence-corrected chi connectivity index (χ1v) is 8.00. The number of hydrogen-bond acceptors (Lipinski definition) is 5. The van der Waals surface area contributed by atoms with E-state index >= 15 is 0 Å². The number of anilines is 1. The minimum atomic E-state index is -1.23. The van der Waals surface area contributed by atoms with Gasteiger partial charge in [-0.3, -0.25) is 19.9 Å². The number of benzene rings is 2. The van der Waals surface area contributed by atoms with Gasteiger partial charge in [-0.2, -0.15) is 0 Å². The van der Waals surface area contributed by atoms with Crippen molar-refractivity contribution in [3.63, 3.8) is 0 Å². The predicted molar refractivity (Wildman–Crippen MR) is 97.1 cm³/mol. The van der Waals surface area contributed by atoms with E-state index in [-0.39, 0.29) is 0 Å². The van der Waals surface area contributed by atoms with Crippen LogP contribution in [0.4, 0.5) is 16.2 Å². The first-order chi connectivity index (χ1) is 12.5. The lowest BCUT2D eigenvalue weighted by atomic mass is 10.1. The van der Waals surface area contributed by atoms with Crippen LogP contribution in [0.3, 0.4) is 0 Å². The topological polar surface area (TPSA) is 88.1 Å². The van der Waals surface area contributed by atoms with E-state index in [2.05, 4.69) is 10.3 Å². The van der Waals surface area contributed by atoms with Crippen molar-refractivity contribution in [1.29, 1.82) is 0 Å². The van der Waals surface area contributed by atoms with Gasteiger partial charge in [-0.1, -0.05) is 17.7 Å². The van der Waals surface area contributed by atoms with Crippen molar-refractivity contribution in [2.45, 2.75) is 0 Å². The van der Waals surface area contributed by atoms with E-state index in [0.29, 0.717) is 22.1 Å². The van der Waals surface area contributed by atoms with E-state index in [9.17, 15) is 14.4 Å². The van der Waals surface area contributed by atoms with Crippen molar-refractivity contribution < 1.29 is 19.1 Å². The standard InChI is InChI=1S/C18H14ClN3O4/c1-26-14-7-5-13(6-8-14)22-17(24)15(16(23)21-18(22)25)10-20-12-4-2-3-11(19)9-12/h2-10,15H,1H3,(H,21,23,25)/t15-/m0/s1. The van der Waals surface area contributed by atoms with Crippen LogP contribution in [0.2, 0.25) is 5.02 Å². The van der Waals surface area contributed by atoms with Gasteiger partial charge >= 0.3 is 6.03 Å². The van der Waals surface area contributed by atoms with Crippen molar-refractivity contribution in [3.8, 4) is 5.75 Å². The van der Waals surface area contributed by atoms with Crippen LogP contribution in [0.25, 0.3) is 0 Å². The molecule has 2 aromatic rings. The van der Waals surface area contributed by atoms with Gasteiger partial charge in [-0.15, -0.1) is 0 Å². The Morgan fingerprint density at radius 1 is 1.15 bits per heavy atom. The average Bonchev–Trinajstić information content (AvgIpc) is 2.62. The molecular formula is C18H14ClN3O4. The maximum absolute atomic E-state index is 12.7. The van der Waals surface area contributed by atoms with E-state index in [0.717, 1.165) is 4.90 Å². The van der Waals surface area contributed by atoms with Gasteiger partial charge in [0, 0.05) is 11.2 Å². The van der Waals surface area contributed by atoms with Gasteiger partial charge in [0.15, 0.2) is 5.92 Å². The molecule has 1 fully saturated rings. The summed E-state index contributed by atoms with van der Waals surface area (Å²) >= 11 is 5.89. The Kier molecular flexibility index (Phi) is 4.99. The normalized spacial score (nSPS) is 17.5. The molecule has 1 N–H and O–H groups in total. The molecule has 0 unspecified atom stereocenters. The fourth-order valence-electron chi connectivity index (χ4n) is 2.41. The van der Waals surface area contributed by atoms with Crippen molar-refractivity contribution in [1.82, 2.24) is 5.32 Å². The molecule has 3 rings (SSSR count). The average molecular weight is 372 g/mol. The third-order valence-electron chi connectivity index (χ3n) is 3.71. The highest BCUT2D eigenvalue weighted by Gasteiger charge is 2.40. The number of barbiturate groups is 1. The quantitative estimate of drug-likeness (QED) is 0.661. The Labute approximate surface area is 154 Å². The lowest BCUT2D eigenvalue weighted by Crippen LogP contribution is -2.58. The molecule has 1 saturated heterocycles. The van der Waals surface area contributed by atoms with Crippen LogP contribution in [0, 0.1) is 5.92 Å². The SMILES string of the molecule is COc1ccc(N2C(=O)NC(=O)[C@H](C=Nc3cccc(Cl)c3)C2=O)cc1. The number of hydrogen-bond donors (Lipinski definition) is 1. The summed E-state index contributed by atoms with van der Waals surface area (Å²) in [4.78, 5) is 41.9. The second-order valence-corrected chi connectivity index (χ2v) is 5.84. The number of halogens is 1.